The Hall–Kier alpha value is -1.40. The van der Waals surface area contributed by atoms with Gasteiger partial charge in [-0.2, -0.15) is 0 Å². The molecular formula is C15H21BrN2O3. The standard InChI is InChI=1S/C15H21BrN2O3/c1-10(2)8-13(15(20)21-3)17-9-14(19)18-12-7-5-4-6-11(12)16/h4-7,10,13,17H,8-9H2,1-3H3,(H,18,19). The van der Waals surface area contributed by atoms with Crippen LogP contribution in [0, 0.1) is 5.92 Å². The number of hydrogen-bond acceptors (Lipinski definition) is 4. The molecular weight excluding hydrogens is 336 g/mol. The van der Waals surface area contributed by atoms with Crippen LogP contribution >= 0.6 is 15.9 Å². The maximum Gasteiger partial charge on any atom is 0.322 e. The Morgan fingerprint density at radius 1 is 1.29 bits per heavy atom. The topological polar surface area (TPSA) is 67.4 Å². The second kappa shape index (κ2) is 8.79. The van der Waals surface area contributed by atoms with Gasteiger partial charge in [0.2, 0.25) is 5.91 Å². The molecule has 0 saturated heterocycles. The van der Waals surface area contributed by atoms with Gasteiger partial charge in [-0.1, -0.05) is 26.0 Å². The first-order chi connectivity index (χ1) is 9.93. The molecule has 6 heteroatoms. The zero-order chi connectivity index (χ0) is 15.8. The summed E-state index contributed by atoms with van der Waals surface area (Å²) in [5.41, 5.74) is 0.697. The van der Waals surface area contributed by atoms with Crippen molar-refractivity contribution >= 4 is 33.5 Å². The number of rotatable bonds is 7. The Labute approximate surface area is 133 Å². The Bertz CT molecular complexity index is 492. The molecule has 0 aromatic heterocycles. The van der Waals surface area contributed by atoms with Gasteiger partial charge < -0.3 is 10.1 Å². The number of amides is 1. The first-order valence-corrected chi connectivity index (χ1v) is 7.59. The fourth-order valence-electron chi connectivity index (χ4n) is 1.85. The van der Waals surface area contributed by atoms with Gasteiger partial charge in [-0.3, -0.25) is 14.9 Å². The van der Waals surface area contributed by atoms with Crippen LogP contribution in [0.3, 0.4) is 0 Å². The highest BCUT2D eigenvalue weighted by Crippen LogP contribution is 2.20. The van der Waals surface area contributed by atoms with Crippen LogP contribution in [-0.4, -0.2) is 31.6 Å². The Balaban J connectivity index is 2.53. The highest BCUT2D eigenvalue weighted by atomic mass is 79.9. The van der Waals surface area contributed by atoms with Crippen molar-refractivity contribution in [2.45, 2.75) is 26.3 Å². The third kappa shape index (κ3) is 6.27. The van der Waals surface area contributed by atoms with Crippen molar-refractivity contribution in [2.75, 3.05) is 19.0 Å². The number of halogens is 1. The Kier molecular flexibility index (Phi) is 7.39. The summed E-state index contributed by atoms with van der Waals surface area (Å²) < 4.78 is 5.55. The van der Waals surface area contributed by atoms with Crippen LogP contribution in [0.2, 0.25) is 0 Å². The molecule has 0 heterocycles. The summed E-state index contributed by atoms with van der Waals surface area (Å²) in [5, 5.41) is 5.71. The third-order valence-corrected chi connectivity index (χ3v) is 3.54. The minimum Gasteiger partial charge on any atom is -0.468 e. The molecule has 2 N–H and O–H groups in total. The van der Waals surface area contributed by atoms with Gasteiger partial charge in [0.25, 0.3) is 0 Å². The number of carbonyl (C=O) groups excluding carboxylic acids is 2. The number of benzene rings is 1. The molecule has 1 rings (SSSR count). The fourth-order valence-corrected chi connectivity index (χ4v) is 2.23. The number of para-hydroxylation sites is 1. The molecule has 116 valence electrons. The van der Waals surface area contributed by atoms with Gasteiger partial charge in [0.1, 0.15) is 6.04 Å². The summed E-state index contributed by atoms with van der Waals surface area (Å²) in [7, 11) is 1.35. The number of anilines is 1. The van der Waals surface area contributed by atoms with Crippen LogP contribution in [0.15, 0.2) is 28.7 Å². The monoisotopic (exact) mass is 356 g/mol. The maximum absolute atomic E-state index is 11.9. The average molecular weight is 357 g/mol. The zero-order valence-electron chi connectivity index (χ0n) is 12.5. The number of nitrogens with one attached hydrogen (secondary N) is 2. The number of carbonyl (C=O) groups is 2. The lowest BCUT2D eigenvalue weighted by Gasteiger charge is -2.18. The van der Waals surface area contributed by atoms with E-state index in [2.05, 4.69) is 26.6 Å². The van der Waals surface area contributed by atoms with E-state index in [1.165, 1.54) is 7.11 Å². The minimum absolute atomic E-state index is 0.0494. The van der Waals surface area contributed by atoms with Crippen LogP contribution in [0.25, 0.3) is 0 Å². The van der Waals surface area contributed by atoms with Gasteiger partial charge in [-0.25, -0.2) is 0 Å². The van der Waals surface area contributed by atoms with Gasteiger partial charge in [0, 0.05) is 4.47 Å². The van der Waals surface area contributed by atoms with Crippen LogP contribution in [0.4, 0.5) is 5.69 Å². The van der Waals surface area contributed by atoms with E-state index in [9.17, 15) is 9.59 Å². The molecule has 0 fully saturated rings. The molecule has 1 aromatic rings. The van der Waals surface area contributed by atoms with E-state index in [4.69, 9.17) is 4.74 Å². The van der Waals surface area contributed by atoms with Crippen molar-refractivity contribution in [2.24, 2.45) is 5.92 Å². The summed E-state index contributed by atoms with van der Waals surface area (Å²) in [6.45, 7) is 4.07. The normalized spacial score (nSPS) is 12.0. The molecule has 0 bridgehead atoms. The smallest absolute Gasteiger partial charge is 0.322 e. The third-order valence-electron chi connectivity index (χ3n) is 2.85. The van der Waals surface area contributed by atoms with Gasteiger partial charge in [-0.15, -0.1) is 0 Å². The van der Waals surface area contributed by atoms with E-state index in [0.29, 0.717) is 18.0 Å². The summed E-state index contributed by atoms with van der Waals surface area (Å²) >= 11 is 3.36. The average Bonchev–Trinajstić information content (AvgIpc) is 2.44. The molecule has 0 saturated carbocycles. The summed E-state index contributed by atoms with van der Waals surface area (Å²) in [6.07, 6.45) is 0.620. The fraction of sp³-hybridized carbons (Fsp3) is 0.467. The Morgan fingerprint density at radius 3 is 2.52 bits per heavy atom. The number of methoxy groups -OCH3 is 1. The first-order valence-electron chi connectivity index (χ1n) is 6.79. The van der Waals surface area contributed by atoms with E-state index in [1.54, 1.807) is 6.07 Å². The van der Waals surface area contributed by atoms with Gasteiger partial charge in [0.05, 0.1) is 19.3 Å². The van der Waals surface area contributed by atoms with E-state index in [1.807, 2.05) is 32.0 Å². The number of hydrogen-bond donors (Lipinski definition) is 2. The minimum atomic E-state index is -0.472. The summed E-state index contributed by atoms with van der Waals surface area (Å²) in [5.74, 6) is -0.232. The first kappa shape index (κ1) is 17.7. The van der Waals surface area contributed by atoms with Crippen molar-refractivity contribution in [1.82, 2.24) is 5.32 Å². The van der Waals surface area contributed by atoms with Crippen molar-refractivity contribution in [3.05, 3.63) is 28.7 Å². The van der Waals surface area contributed by atoms with E-state index in [-0.39, 0.29) is 18.4 Å². The largest absolute Gasteiger partial charge is 0.468 e. The van der Waals surface area contributed by atoms with Crippen molar-refractivity contribution in [3.63, 3.8) is 0 Å². The quantitative estimate of drug-likeness (QED) is 0.736. The zero-order valence-corrected chi connectivity index (χ0v) is 14.1. The molecule has 1 unspecified atom stereocenters. The lowest BCUT2D eigenvalue weighted by atomic mass is 10.0. The van der Waals surface area contributed by atoms with Crippen molar-refractivity contribution < 1.29 is 14.3 Å². The predicted molar refractivity (Wildman–Crippen MR) is 86.0 cm³/mol. The maximum atomic E-state index is 11.9. The van der Waals surface area contributed by atoms with Crippen LogP contribution in [0.1, 0.15) is 20.3 Å². The predicted octanol–water partition coefficient (Wildman–Crippen LogP) is 2.56. The molecule has 21 heavy (non-hydrogen) atoms. The highest BCUT2D eigenvalue weighted by Gasteiger charge is 2.20. The highest BCUT2D eigenvalue weighted by molar-refractivity contribution is 9.10. The number of ether oxygens (including phenoxy) is 1. The van der Waals surface area contributed by atoms with Gasteiger partial charge >= 0.3 is 5.97 Å². The van der Waals surface area contributed by atoms with E-state index >= 15 is 0 Å². The molecule has 1 atom stereocenters. The second-order valence-electron chi connectivity index (χ2n) is 5.11. The molecule has 5 nitrogen and oxygen atoms in total. The second-order valence-corrected chi connectivity index (χ2v) is 5.97. The van der Waals surface area contributed by atoms with Crippen LogP contribution < -0.4 is 10.6 Å². The summed E-state index contributed by atoms with van der Waals surface area (Å²) in [4.78, 5) is 23.6. The number of esters is 1. The van der Waals surface area contributed by atoms with Crippen LogP contribution in [-0.2, 0) is 14.3 Å². The lowest BCUT2D eigenvalue weighted by molar-refractivity contribution is -0.143. The van der Waals surface area contributed by atoms with E-state index < -0.39 is 6.04 Å². The molecule has 1 aromatic carbocycles. The lowest BCUT2D eigenvalue weighted by Crippen LogP contribution is -2.42. The van der Waals surface area contributed by atoms with Gasteiger partial charge in [-0.05, 0) is 40.4 Å². The van der Waals surface area contributed by atoms with E-state index in [0.717, 1.165) is 4.47 Å². The molecule has 0 aliphatic rings. The Morgan fingerprint density at radius 2 is 1.95 bits per heavy atom. The van der Waals surface area contributed by atoms with Crippen molar-refractivity contribution in [1.29, 1.82) is 0 Å². The van der Waals surface area contributed by atoms with Crippen LogP contribution in [0.5, 0.6) is 0 Å². The molecule has 0 radical (unpaired) electrons. The van der Waals surface area contributed by atoms with Gasteiger partial charge in [0.15, 0.2) is 0 Å². The summed E-state index contributed by atoms with van der Waals surface area (Å²) in [6, 6.07) is 6.88. The molecule has 0 aliphatic heterocycles. The SMILES string of the molecule is COC(=O)C(CC(C)C)NCC(=O)Nc1ccccc1Br. The molecule has 0 aliphatic carbocycles. The van der Waals surface area contributed by atoms with Crippen molar-refractivity contribution in [3.8, 4) is 0 Å². The molecule has 1 amide bonds. The molecule has 0 spiro atoms.